The number of H-pyrrole nitrogens is 1. The molecule has 2 heterocycles. The van der Waals surface area contributed by atoms with Gasteiger partial charge in [0.15, 0.2) is 0 Å². The molecule has 2 N–H and O–H groups in total. The number of nitrogens with one attached hydrogen (secondary N) is 2. The van der Waals surface area contributed by atoms with Gasteiger partial charge in [-0.15, -0.1) is 0 Å². The normalized spacial score (nSPS) is 15.6. The summed E-state index contributed by atoms with van der Waals surface area (Å²) in [5, 5.41) is 4.54. The molecule has 5 nitrogen and oxygen atoms in total. The summed E-state index contributed by atoms with van der Waals surface area (Å²) in [6.07, 6.45) is 0. The van der Waals surface area contributed by atoms with Gasteiger partial charge < -0.3 is 15.2 Å². The molecule has 1 saturated heterocycles. The molecule has 0 bridgehead atoms. The lowest BCUT2D eigenvalue weighted by Gasteiger charge is -2.30. The third-order valence-corrected chi connectivity index (χ3v) is 6.34. The summed E-state index contributed by atoms with van der Waals surface area (Å²) >= 11 is 0. The van der Waals surface area contributed by atoms with Crippen molar-refractivity contribution in [3.8, 4) is 0 Å². The Morgan fingerprint density at radius 2 is 1.76 bits per heavy atom. The molecule has 0 unspecified atom stereocenters. The molecule has 1 aliphatic rings. The Morgan fingerprint density at radius 3 is 2.52 bits per heavy atom. The van der Waals surface area contributed by atoms with Crippen LogP contribution in [0.5, 0.6) is 0 Å². The lowest BCUT2D eigenvalue weighted by molar-refractivity contribution is 0.590. The van der Waals surface area contributed by atoms with Crippen molar-refractivity contribution in [1.29, 1.82) is 0 Å². The first-order chi connectivity index (χ1) is 12.1. The second-order valence-electron chi connectivity index (χ2n) is 6.43. The molecule has 2 aromatic carbocycles. The molecule has 0 amide bonds. The van der Waals surface area contributed by atoms with Gasteiger partial charge in [0.1, 0.15) is 12.9 Å². The van der Waals surface area contributed by atoms with Crippen LogP contribution in [0.25, 0.3) is 10.9 Å². The Kier molecular flexibility index (Phi) is 4.05. The van der Waals surface area contributed by atoms with Crippen LogP contribution in [0.3, 0.4) is 0 Å². The fourth-order valence-corrected chi connectivity index (χ4v) is 4.72. The number of piperazine rings is 1. The quantitative estimate of drug-likeness (QED) is 0.680. The van der Waals surface area contributed by atoms with Gasteiger partial charge in [-0.25, -0.2) is 8.42 Å². The first-order valence-corrected chi connectivity index (χ1v) is 9.93. The van der Waals surface area contributed by atoms with Gasteiger partial charge in [-0.05, 0) is 30.3 Å². The number of aromatic nitrogens is 1. The minimum atomic E-state index is -3.56. The largest absolute Gasteiger partial charge is 0.368 e. The van der Waals surface area contributed by atoms with Gasteiger partial charge in [-0.2, -0.15) is 0 Å². The van der Waals surface area contributed by atoms with Crippen molar-refractivity contribution in [2.75, 3.05) is 31.1 Å². The fourth-order valence-electron chi connectivity index (χ4n) is 3.35. The van der Waals surface area contributed by atoms with Gasteiger partial charge in [0.05, 0.1) is 4.90 Å². The highest BCUT2D eigenvalue weighted by Crippen LogP contribution is 2.31. The van der Waals surface area contributed by atoms with Gasteiger partial charge in [-0.3, -0.25) is 0 Å². The number of aromatic amines is 1. The molecule has 25 heavy (non-hydrogen) atoms. The Morgan fingerprint density at radius 1 is 1.00 bits per heavy atom. The second kappa shape index (κ2) is 6.24. The number of hydrogen-bond acceptors (Lipinski definition) is 4. The number of fused-ring (bicyclic) bond motifs is 1. The number of benzene rings is 2. The molecular weight excluding hydrogens is 333 g/mol. The third kappa shape index (κ3) is 2.94. The maximum atomic E-state index is 13.0. The van der Waals surface area contributed by atoms with Crippen LogP contribution in [0.15, 0.2) is 58.5 Å². The van der Waals surface area contributed by atoms with E-state index in [-0.39, 0.29) is 5.03 Å². The average Bonchev–Trinajstić information content (AvgIpc) is 3.07. The molecule has 3 aromatic rings. The van der Waals surface area contributed by atoms with Crippen molar-refractivity contribution < 1.29 is 8.42 Å². The van der Waals surface area contributed by atoms with E-state index in [1.165, 1.54) is 0 Å². The number of nitrogens with zero attached hydrogens (tertiary/aromatic N) is 1. The predicted molar refractivity (Wildman–Crippen MR) is 103 cm³/mol. The first-order valence-electron chi connectivity index (χ1n) is 8.45. The van der Waals surface area contributed by atoms with Crippen LogP contribution in [-0.2, 0) is 9.84 Å². The fraction of sp³-hybridized carbons (Fsp3) is 0.222. The molecule has 1 aliphatic heterocycles. The summed E-state index contributed by atoms with van der Waals surface area (Å²) in [5.41, 5.74) is 2.86. The van der Waals surface area contributed by atoms with Gasteiger partial charge in [0.2, 0.25) is 9.84 Å². The van der Waals surface area contributed by atoms with E-state index in [1.54, 1.807) is 24.3 Å². The molecule has 0 atom stereocenters. The summed E-state index contributed by atoms with van der Waals surface area (Å²) in [7, 11) is -1.66. The third-order valence-electron chi connectivity index (χ3n) is 4.66. The summed E-state index contributed by atoms with van der Waals surface area (Å²) in [5.74, 6) is 0. The van der Waals surface area contributed by atoms with E-state index < -0.39 is 9.84 Å². The smallest absolute Gasteiger partial charge is 0.221 e. The van der Waals surface area contributed by atoms with Crippen molar-refractivity contribution in [1.82, 2.24) is 10.3 Å². The van der Waals surface area contributed by atoms with Crippen molar-refractivity contribution in [2.24, 2.45) is 0 Å². The SMILES string of the molecule is Bc1cccc(S(=O)(=O)c2cc3c(N4CCNCC4)cccc3[nH]2)c1. The summed E-state index contributed by atoms with van der Waals surface area (Å²) < 4.78 is 26.0. The maximum Gasteiger partial charge on any atom is 0.221 e. The molecule has 1 fully saturated rings. The van der Waals surface area contributed by atoms with Crippen LogP contribution in [0.4, 0.5) is 5.69 Å². The van der Waals surface area contributed by atoms with Crippen LogP contribution in [0, 0.1) is 0 Å². The predicted octanol–water partition coefficient (Wildman–Crippen LogP) is 0.669. The van der Waals surface area contributed by atoms with Gasteiger partial charge in [0, 0.05) is 42.8 Å². The topological polar surface area (TPSA) is 65.2 Å². The van der Waals surface area contributed by atoms with Crippen molar-refractivity contribution in [3.05, 3.63) is 48.5 Å². The van der Waals surface area contributed by atoms with E-state index in [9.17, 15) is 8.42 Å². The number of anilines is 1. The first kappa shape index (κ1) is 16.2. The monoisotopic (exact) mass is 353 g/mol. The number of sulfone groups is 1. The van der Waals surface area contributed by atoms with Crippen LogP contribution in [0.2, 0.25) is 0 Å². The Labute approximate surface area is 148 Å². The molecule has 7 heteroatoms. The Balaban J connectivity index is 1.81. The number of hydrogen-bond donors (Lipinski definition) is 2. The van der Waals surface area contributed by atoms with Crippen molar-refractivity contribution in [3.63, 3.8) is 0 Å². The Bertz CT molecular complexity index is 1020. The zero-order valence-electron chi connectivity index (χ0n) is 14.1. The minimum Gasteiger partial charge on any atom is -0.368 e. The van der Waals surface area contributed by atoms with E-state index in [4.69, 9.17) is 0 Å². The lowest BCUT2D eigenvalue weighted by atomic mass is 9.97. The van der Waals surface area contributed by atoms with Crippen molar-refractivity contribution in [2.45, 2.75) is 9.92 Å². The van der Waals surface area contributed by atoms with Crippen LogP contribution in [0.1, 0.15) is 0 Å². The van der Waals surface area contributed by atoms with Gasteiger partial charge >= 0.3 is 0 Å². The summed E-state index contributed by atoms with van der Waals surface area (Å²) in [6, 6.07) is 14.7. The van der Waals surface area contributed by atoms with E-state index >= 15 is 0 Å². The van der Waals surface area contributed by atoms with Gasteiger partial charge in [-0.1, -0.05) is 23.7 Å². The molecular formula is C18H20BN3O2S. The molecule has 0 aliphatic carbocycles. The molecule has 128 valence electrons. The highest BCUT2D eigenvalue weighted by atomic mass is 32.2. The highest BCUT2D eigenvalue weighted by molar-refractivity contribution is 7.91. The lowest BCUT2D eigenvalue weighted by Crippen LogP contribution is -2.43. The Hall–Kier alpha value is -2.25. The van der Waals surface area contributed by atoms with E-state index in [1.807, 2.05) is 26.0 Å². The van der Waals surface area contributed by atoms with Crippen LogP contribution >= 0.6 is 0 Å². The summed E-state index contributed by atoms with van der Waals surface area (Å²) in [4.78, 5) is 5.73. The van der Waals surface area contributed by atoms with Crippen LogP contribution in [-0.4, -0.2) is 47.4 Å². The zero-order chi connectivity index (χ0) is 17.4. The zero-order valence-corrected chi connectivity index (χ0v) is 14.9. The van der Waals surface area contributed by atoms with E-state index in [0.29, 0.717) is 4.90 Å². The van der Waals surface area contributed by atoms with E-state index in [0.717, 1.165) is 48.2 Å². The molecule has 0 saturated carbocycles. The maximum absolute atomic E-state index is 13.0. The molecule has 1 aromatic heterocycles. The standard InChI is InChI=1S/C18H20BN3O2S/c19-13-3-1-4-14(11-13)25(23,24)18-12-15-16(21-18)5-2-6-17(15)22-9-7-20-8-10-22/h1-6,11-12,20-21H,7-10,19H2. The van der Waals surface area contributed by atoms with Crippen molar-refractivity contribution >= 4 is 39.7 Å². The van der Waals surface area contributed by atoms with Gasteiger partial charge in [0.25, 0.3) is 0 Å². The molecule has 0 spiro atoms. The molecule has 0 radical (unpaired) electrons. The van der Waals surface area contributed by atoms with Crippen LogP contribution < -0.4 is 15.7 Å². The number of rotatable bonds is 3. The second-order valence-corrected chi connectivity index (χ2v) is 8.35. The molecule has 4 rings (SSSR count). The summed E-state index contributed by atoms with van der Waals surface area (Å²) in [6.45, 7) is 3.72. The highest BCUT2D eigenvalue weighted by Gasteiger charge is 2.22. The minimum absolute atomic E-state index is 0.246. The van der Waals surface area contributed by atoms with E-state index in [2.05, 4.69) is 21.3 Å². The average molecular weight is 353 g/mol.